The molecule has 0 bridgehead atoms. The zero-order valence-electron chi connectivity index (χ0n) is 15.5. The fourth-order valence-electron chi connectivity index (χ4n) is 2.96. The Labute approximate surface area is 155 Å². The molecule has 2 amide bonds. The summed E-state index contributed by atoms with van der Waals surface area (Å²) in [5.41, 5.74) is 0.393. The number of sulfonamides is 1. The zero-order valence-corrected chi connectivity index (χ0v) is 16.3. The number of amides is 2. The van der Waals surface area contributed by atoms with E-state index in [0.29, 0.717) is 18.8 Å². The topological polar surface area (TPSA) is 95.6 Å². The summed E-state index contributed by atoms with van der Waals surface area (Å²) < 4.78 is 27.0. The van der Waals surface area contributed by atoms with E-state index in [1.807, 2.05) is 13.8 Å². The summed E-state index contributed by atoms with van der Waals surface area (Å²) >= 11 is 0. The summed E-state index contributed by atoms with van der Waals surface area (Å²) in [5, 5.41) is 5.33. The highest BCUT2D eigenvalue weighted by atomic mass is 32.2. The normalized spacial score (nSPS) is 16.9. The number of carbonyl (C=O) groups excluding carboxylic acids is 2. The first-order valence-electron chi connectivity index (χ1n) is 8.90. The predicted octanol–water partition coefficient (Wildman–Crippen LogP) is 1.96. The lowest BCUT2D eigenvalue weighted by atomic mass is 10.0. The third-order valence-electron chi connectivity index (χ3n) is 4.36. The van der Waals surface area contributed by atoms with Crippen molar-refractivity contribution in [2.75, 3.05) is 18.4 Å². The Hall–Kier alpha value is -1.93. The highest BCUT2D eigenvalue weighted by molar-refractivity contribution is 7.89. The molecule has 1 aliphatic heterocycles. The van der Waals surface area contributed by atoms with Crippen LogP contribution < -0.4 is 10.6 Å². The number of carbonyl (C=O) groups is 2. The molecule has 0 aromatic heterocycles. The monoisotopic (exact) mass is 381 g/mol. The van der Waals surface area contributed by atoms with Crippen LogP contribution in [0.3, 0.4) is 0 Å². The van der Waals surface area contributed by atoms with Crippen LogP contribution >= 0.6 is 0 Å². The molecule has 1 atom stereocenters. The maximum atomic E-state index is 12.8. The van der Waals surface area contributed by atoms with Gasteiger partial charge in [0, 0.05) is 25.7 Å². The average Bonchev–Trinajstić information content (AvgIpc) is 2.60. The van der Waals surface area contributed by atoms with Crippen LogP contribution in [0.1, 0.15) is 40.0 Å². The van der Waals surface area contributed by atoms with Gasteiger partial charge in [-0.25, -0.2) is 8.42 Å². The highest BCUT2D eigenvalue weighted by Gasteiger charge is 2.27. The van der Waals surface area contributed by atoms with Gasteiger partial charge in [-0.05, 0) is 37.0 Å². The van der Waals surface area contributed by atoms with Crippen LogP contribution in [0, 0.1) is 5.92 Å². The molecule has 1 fully saturated rings. The molecule has 0 spiro atoms. The molecule has 1 heterocycles. The molecule has 1 aliphatic rings. The van der Waals surface area contributed by atoms with E-state index in [1.165, 1.54) is 23.4 Å². The summed E-state index contributed by atoms with van der Waals surface area (Å²) in [7, 11) is -3.56. The molecule has 2 N–H and O–H groups in total. The lowest BCUT2D eigenvalue weighted by molar-refractivity contribution is -0.126. The van der Waals surface area contributed by atoms with Crippen molar-refractivity contribution >= 4 is 27.5 Å². The van der Waals surface area contributed by atoms with Crippen molar-refractivity contribution in [3.05, 3.63) is 24.3 Å². The van der Waals surface area contributed by atoms with Gasteiger partial charge in [0.1, 0.15) is 6.04 Å². The summed E-state index contributed by atoms with van der Waals surface area (Å²) in [6.45, 7) is 6.07. The minimum atomic E-state index is -3.56. The van der Waals surface area contributed by atoms with Crippen LogP contribution in [0.15, 0.2) is 29.2 Å². The third kappa shape index (κ3) is 5.04. The quantitative estimate of drug-likeness (QED) is 0.787. The van der Waals surface area contributed by atoms with Crippen molar-refractivity contribution in [1.82, 2.24) is 9.62 Å². The van der Waals surface area contributed by atoms with Crippen LogP contribution in [0.5, 0.6) is 0 Å². The number of anilines is 1. The van der Waals surface area contributed by atoms with E-state index in [-0.39, 0.29) is 22.6 Å². The fraction of sp³-hybridized carbons (Fsp3) is 0.556. The zero-order chi connectivity index (χ0) is 19.3. The number of hydrogen-bond acceptors (Lipinski definition) is 4. The van der Waals surface area contributed by atoms with Gasteiger partial charge in [-0.15, -0.1) is 0 Å². The van der Waals surface area contributed by atoms with Crippen molar-refractivity contribution < 1.29 is 18.0 Å². The van der Waals surface area contributed by atoms with Gasteiger partial charge in [-0.3, -0.25) is 9.59 Å². The van der Waals surface area contributed by atoms with Crippen LogP contribution in [0.2, 0.25) is 0 Å². The van der Waals surface area contributed by atoms with Gasteiger partial charge in [0.15, 0.2) is 0 Å². The Bertz CT molecular complexity index is 755. The molecule has 26 heavy (non-hydrogen) atoms. The van der Waals surface area contributed by atoms with Gasteiger partial charge >= 0.3 is 0 Å². The summed E-state index contributed by atoms with van der Waals surface area (Å²) in [5.74, 6) is -0.762. The third-order valence-corrected chi connectivity index (χ3v) is 6.26. The Morgan fingerprint density at radius 1 is 1.12 bits per heavy atom. The van der Waals surface area contributed by atoms with Crippen molar-refractivity contribution in [1.29, 1.82) is 0 Å². The van der Waals surface area contributed by atoms with Gasteiger partial charge in [-0.1, -0.05) is 26.3 Å². The molecule has 144 valence electrons. The molecule has 1 aromatic carbocycles. The summed E-state index contributed by atoms with van der Waals surface area (Å²) in [4.78, 5) is 23.9. The van der Waals surface area contributed by atoms with Crippen LogP contribution in [0.4, 0.5) is 5.69 Å². The number of rotatable bonds is 6. The molecular weight excluding hydrogens is 354 g/mol. The second kappa shape index (κ2) is 8.64. The number of hydrogen-bond donors (Lipinski definition) is 2. The largest absolute Gasteiger partial charge is 0.344 e. The first kappa shape index (κ1) is 20.4. The van der Waals surface area contributed by atoms with Crippen LogP contribution in [0.25, 0.3) is 0 Å². The minimum absolute atomic E-state index is 0.0980. The molecule has 0 saturated carbocycles. The molecular formula is C18H27N3O4S. The molecule has 7 nitrogen and oxygen atoms in total. The van der Waals surface area contributed by atoms with E-state index in [4.69, 9.17) is 0 Å². The van der Waals surface area contributed by atoms with Crippen LogP contribution in [-0.2, 0) is 19.6 Å². The maximum Gasteiger partial charge on any atom is 0.247 e. The van der Waals surface area contributed by atoms with Crippen molar-refractivity contribution in [2.24, 2.45) is 5.92 Å². The number of benzene rings is 1. The van der Waals surface area contributed by atoms with Gasteiger partial charge in [0.25, 0.3) is 0 Å². The second-order valence-corrected chi connectivity index (χ2v) is 8.84. The van der Waals surface area contributed by atoms with Crippen LogP contribution in [-0.4, -0.2) is 43.7 Å². The standard InChI is InChI=1S/C18H27N3O4S/c1-13(2)17(19-14(3)22)18(23)20-15-8-7-9-16(12-15)26(24,25)21-10-5-4-6-11-21/h7-9,12-13,17H,4-6,10-11H2,1-3H3,(H,19,22)(H,20,23). The number of nitrogens with zero attached hydrogens (tertiary/aromatic N) is 1. The fourth-order valence-corrected chi connectivity index (χ4v) is 4.53. The molecule has 0 aliphatic carbocycles. The van der Waals surface area contributed by atoms with E-state index < -0.39 is 16.1 Å². The van der Waals surface area contributed by atoms with E-state index >= 15 is 0 Å². The molecule has 0 radical (unpaired) electrons. The first-order chi connectivity index (χ1) is 12.2. The Morgan fingerprint density at radius 3 is 2.35 bits per heavy atom. The molecule has 8 heteroatoms. The lowest BCUT2D eigenvalue weighted by Crippen LogP contribution is -2.46. The first-order valence-corrected chi connectivity index (χ1v) is 10.3. The van der Waals surface area contributed by atoms with E-state index in [2.05, 4.69) is 10.6 Å². The number of nitrogens with one attached hydrogen (secondary N) is 2. The average molecular weight is 381 g/mol. The Balaban J connectivity index is 2.18. The Morgan fingerprint density at radius 2 is 1.77 bits per heavy atom. The molecule has 1 aromatic rings. The minimum Gasteiger partial charge on any atom is -0.344 e. The second-order valence-electron chi connectivity index (χ2n) is 6.90. The molecule has 2 rings (SSSR count). The maximum absolute atomic E-state index is 12.8. The summed E-state index contributed by atoms with van der Waals surface area (Å²) in [6.07, 6.45) is 2.77. The van der Waals surface area contributed by atoms with Crippen molar-refractivity contribution in [2.45, 2.75) is 51.0 Å². The van der Waals surface area contributed by atoms with E-state index in [0.717, 1.165) is 19.3 Å². The van der Waals surface area contributed by atoms with Gasteiger partial charge in [0.2, 0.25) is 21.8 Å². The number of piperidine rings is 1. The highest BCUT2D eigenvalue weighted by Crippen LogP contribution is 2.23. The molecule has 1 unspecified atom stereocenters. The van der Waals surface area contributed by atoms with E-state index in [9.17, 15) is 18.0 Å². The lowest BCUT2D eigenvalue weighted by Gasteiger charge is -2.26. The van der Waals surface area contributed by atoms with Crippen molar-refractivity contribution in [3.63, 3.8) is 0 Å². The Kier molecular flexibility index (Phi) is 6.77. The van der Waals surface area contributed by atoms with Crippen molar-refractivity contribution in [3.8, 4) is 0 Å². The van der Waals surface area contributed by atoms with E-state index in [1.54, 1.807) is 12.1 Å². The van der Waals surface area contributed by atoms with Gasteiger partial charge in [-0.2, -0.15) is 4.31 Å². The smallest absolute Gasteiger partial charge is 0.247 e. The van der Waals surface area contributed by atoms with Gasteiger partial charge in [0.05, 0.1) is 4.90 Å². The van der Waals surface area contributed by atoms with Gasteiger partial charge < -0.3 is 10.6 Å². The predicted molar refractivity (Wildman–Crippen MR) is 100 cm³/mol. The molecule has 1 saturated heterocycles. The SMILES string of the molecule is CC(=O)NC(C(=O)Nc1cccc(S(=O)(=O)N2CCCCC2)c1)C(C)C. The summed E-state index contributed by atoms with van der Waals surface area (Å²) in [6, 6.07) is 5.56.